The summed E-state index contributed by atoms with van der Waals surface area (Å²) in [5.41, 5.74) is 7.45. The maximum atomic E-state index is 12.5. The third-order valence-corrected chi connectivity index (χ3v) is 22.7. The molecule has 3 amide bonds. The average Bonchev–Trinajstić information content (AvgIpc) is 1.62. The highest BCUT2D eigenvalue weighted by Gasteiger charge is 2.52. The number of anilines is 4. The van der Waals surface area contributed by atoms with Gasteiger partial charge in [-0.25, -0.2) is 54.3 Å². The first kappa shape index (κ1) is 82.2. The highest BCUT2D eigenvalue weighted by Crippen LogP contribution is 2.40. The van der Waals surface area contributed by atoms with Crippen LogP contribution < -0.4 is 26.3 Å². The molecule has 1 saturated heterocycles. The van der Waals surface area contributed by atoms with Crippen LogP contribution in [0.15, 0.2) is 244 Å². The number of fused-ring (bicyclic) bond motifs is 4. The average molecular weight is 1710 g/mol. The van der Waals surface area contributed by atoms with Gasteiger partial charge in [0.05, 0.1) is 28.3 Å². The van der Waals surface area contributed by atoms with Gasteiger partial charge < -0.3 is 28.8 Å². The minimum Gasteiger partial charge on any atom is -0.444 e. The third kappa shape index (κ3) is 23.1. The molecule has 0 aliphatic carbocycles. The molecule has 0 spiro atoms. The van der Waals surface area contributed by atoms with E-state index in [-0.39, 0.29) is 5.82 Å². The van der Waals surface area contributed by atoms with E-state index in [2.05, 4.69) is 103 Å². The monoisotopic (exact) mass is 1710 g/mol. The van der Waals surface area contributed by atoms with Crippen LogP contribution in [0, 0.1) is 0 Å². The molecule has 3 N–H and O–H groups in total. The largest absolute Gasteiger partial charge is 0.496 e. The van der Waals surface area contributed by atoms with E-state index in [1.807, 2.05) is 190 Å². The first-order valence-corrected chi connectivity index (χ1v) is 41.9. The summed E-state index contributed by atoms with van der Waals surface area (Å²) < 4.78 is 50.9. The van der Waals surface area contributed by atoms with E-state index in [9.17, 15) is 14.4 Å². The molecule has 1 fully saturated rings. The van der Waals surface area contributed by atoms with E-state index in [1.54, 1.807) is 142 Å². The van der Waals surface area contributed by atoms with Gasteiger partial charge >= 0.3 is 25.4 Å². The third-order valence-electron chi connectivity index (χ3n) is 18.1. The molecule has 30 heteroatoms. The highest BCUT2D eigenvalue weighted by molar-refractivity contribution is 7.23. The van der Waals surface area contributed by atoms with Crippen molar-refractivity contribution < 1.29 is 42.0 Å². The van der Waals surface area contributed by atoms with Crippen molar-refractivity contribution in [3.63, 3.8) is 0 Å². The van der Waals surface area contributed by atoms with Crippen LogP contribution in [0.3, 0.4) is 0 Å². The molecule has 16 aromatic heterocycles. The number of aromatic nitrogens is 12. The number of rotatable bonds is 12. The van der Waals surface area contributed by atoms with Crippen LogP contribution in [0.5, 0.6) is 0 Å². The zero-order chi connectivity index (χ0) is 88.3. The minimum atomic E-state index is -2.74. The first-order valence-electron chi connectivity index (χ1n) is 39.8. The summed E-state index contributed by atoms with van der Waals surface area (Å²) in [5.74, 6) is 1.67. The van der Waals surface area contributed by atoms with Crippen LogP contribution in [-0.2, 0) is 23.5 Å². The molecule has 16 aromatic rings. The number of nitrogens with one attached hydrogen (secondary N) is 3. The number of amides is 3. The van der Waals surface area contributed by atoms with Crippen LogP contribution in [0.25, 0.3) is 116 Å². The van der Waals surface area contributed by atoms with E-state index in [0.29, 0.717) is 32.9 Å². The molecule has 17 heterocycles. The lowest BCUT2D eigenvalue weighted by molar-refractivity contribution is 0.00578. The van der Waals surface area contributed by atoms with E-state index in [0.717, 1.165) is 112 Å². The second kappa shape index (κ2) is 37.4. The van der Waals surface area contributed by atoms with E-state index in [4.69, 9.17) is 54.2 Å². The topological polar surface area (TPSA) is 291 Å². The molecular formula is C91H88BClN16O8S4. The molecule has 1 aliphatic rings. The summed E-state index contributed by atoms with van der Waals surface area (Å²) in [4.78, 5) is 97.4. The summed E-state index contributed by atoms with van der Waals surface area (Å²) >= 11 is 12.4. The van der Waals surface area contributed by atoms with Gasteiger partial charge in [0.15, 0.2) is 0 Å². The summed E-state index contributed by atoms with van der Waals surface area (Å²) in [6.07, 6.45) is 19.1. The molecule has 1 aliphatic heterocycles. The number of carbonyl (C=O) groups excluding carboxylic acids is 3. The predicted octanol–water partition coefficient (Wildman–Crippen LogP) is 22.8. The minimum absolute atomic E-state index is 0.0240. The molecule has 0 atom stereocenters. The fraction of sp³-hybridized carbons (Fsp3) is 0.220. The SMILES string of the molecule is CC(C)(C)OC(=O)Nc1ccc(-c2ccc3cc(-c4cccnc4)sc3n2)cn1.CC(C)(C)OC(=O)Nc1ccc(B2OC(C)(C)C(C)(C)O2)cn1.CNc1ccc(-c2ccc3cc(-c4cccnc4)sc3n2)cn1.Clc1ccc2cc(-c3cccnc3)sc2n1.[3H]C([3H])([3H])N(C(=O)OC(C)(C)C)c1ccc(-c2ccc3cc(-c4cccnc4)sc3n2)cn1. The van der Waals surface area contributed by atoms with Crippen LogP contribution in [-0.4, -0.2) is 127 Å². The lowest BCUT2D eigenvalue weighted by Gasteiger charge is -2.32. The van der Waals surface area contributed by atoms with Gasteiger partial charge in [-0.15, -0.1) is 45.3 Å². The Bertz CT molecular complexity index is 6350. The Hall–Kier alpha value is -12.5. The fourth-order valence-electron chi connectivity index (χ4n) is 11.5. The summed E-state index contributed by atoms with van der Waals surface area (Å²) in [7, 11) is 1.39. The smallest absolute Gasteiger partial charge is 0.444 e. The molecule has 0 saturated carbocycles. The summed E-state index contributed by atoms with van der Waals surface area (Å²) in [5, 5.41) is 13.2. The number of hydrogen-bond acceptors (Lipinski definition) is 25. The molecule has 614 valence electrons. The number of carbonyl (C=O) groups is 3. The van der Waals surface area contributed by atoms with Gasteiger partial charge in [0.25, 0.3) is 0 Å². The lowest BCUT2D eigenvalue weighted by atomic mass is 9.80. The number of ether oxygens (including phenoxy) is 3. The van der Waals surface area contributed by atoms with Crippen molar-refractivity contribution >= 4 is 152 Å². The molecule has 121 heavy (non-hydrogen) atoms. The van der Waals surface area contributed by atoms with Crippen molar-refractivity contribution in [2.24, 2.45) is 0 Å². The summed E-state index contributed by atoms with van der Waals surface area (Å²) in [6, 6.07) is 54.5. The predicted molar refractivity (Wildman–Crippen MR) is 490 cm³/mol. The molecular weight excluding hydrogens is 1620 g/mol. The Kier molecular flexibility index (Phi) is 25.4. The van der Waals surface area contributed by atoms with E-state index in [1.165, 1.54) is 17.1 Å². The van der Waals surface area contributed by atoms with Gasteiger partial charge in [-0.1, -0.05) is 41.9 Å². The standard InChI is InChI=1S/C23H22N4O2S.C22H20N4O2S.C18H14N4S.C16H25BN2O4.C12H7ClN2S/c1-23(2,3)29-22(28)27(4)20-10-8-16(14-25-20)18-9-7-15-12-19(30-21(15)26-18)17-6-5-11-24-13-17;1-22(2,3)28-21(27)26-19-9-7-15(13-24-19)17-8-6-14-11-18(29-20(14)25-17)16-5-4-10-23-12-16;1-19-17-7-5-13(11-21-17)15-6-4-12-9-16(23-18(12)22-15)14-3-2-8-20-10-14;1-14(2,3)21-13(20)19-12-9-8-11(10-18-12)17-22-15(4,5)16(6,7)23-17;13-11-4-3-8-6-10(16-12(8)15-11)9-2-1-5-14-7-9/h5-14H,1-4H3;4-13H,1-3H3,(H,24,26,27);2-11H,1H3,(H,19,21);8-10H,1-7H3,(H,18,19,20);1-7H/i4T3;;;;. The van der Waals surface area contributed by atoms with Crippen molar-refractivity contribution in [3.8, 4) is 75.5 Å². The van der Waals surface area contributed by atoms with E-state index >= 15 is 0 Å². The van der Waals surface area contributed by atoms with Crippen molar-refractivity contribution in [1.29, 1.82) is 0 Å². The van der Waals surface area contributed by atoms with Crippen molar-refractivity contribution in [2.75, 3.05) is 34.9 Å². The highest BCUT2D eigenvalue weighted by atomic mass is 35.5. The van der Waals surface area contributed by atoms with Crippen molar-refractivity contribution in [3.05, 3.63) is 249 Å². The zero-order valence-electron chi connectivity index (χ0n) is 71.8. The quantitative estimate of drug-likeness (QED) is 0.0582. The normalized spacial score (nSPS) is 13.2. The van der Waals surface area contributed by atoms with Gasteiger partial charge in [0, 0.05) is 178 Å². The maximum Gasteiger partial charge on any atom is 0.496 e. The van der Waals surface area contributed by atoms with Crippen LogP contribution in [0.1, 0.15) is 94.1 Å². The molecule has 0 radical (unpaired) electrons. The van der Waals surface area contributed by atoms with Gasteiger partial charge in [-0.05, 0) is 230 Å². The van der Waals surface area contributed by atoms with Crippen LogP contribution >= 0.6 is 56.9 Å². The number of nitrogens with zero attached hydrogens (tertiary/aromatic N) is 13. The number of halogens is 1. The fourth-order valence-corrected chi connectivity index (χ4v) is 15.8. The lowest BCUT2D eigenvalue weighted by Crippen LogP contribution is -2.41. The Balaban J connectivity index is 0.000000135. The second-order valence-corrected chi connectivity index (χ2v) is 35.9. The van der Waals surface area contributed by atoms with Crippen molar-refractivity contribution in [1.82, 2.24) is 59.8 Å². The van der Waals surface area contributed by atoms with Gasteiger partial charge in [0.2, 0.25) is 0 Å². The van der Waals surface area contributed by atoms with Gasteiger partial charge in [0.1, 0.15) is 64.5 Å². The molecule has 0 bridgehead atoms. The summed E-state index contributed by atoms with van der Waals surface area (Å²) in [6.45, 7) is 21.1. The molecule has 0 aromatic carbocycles. The maximum absolute atomic E-state index is 12.5. The Morgan fingerprint density at radius 1 is 0.421 bits per heavy atom. The van der Waals surface area contributed by atoms with Crippen LogP contribution in [0.4, 0.5) is 37.7 Å². The number of thiophene rings is 4. The number of hydrogen-bond donors (Lipinski definition) is 3. The zero-order valence-corrected chi connectivity index (χ0v) is 72.8. The van der Waals surface area contributed by atoms with Crippen LogP contribution in [0.2, 0.25) is 5.15 Å². The van der Waals surface area contributed by atoms with Crippen molar-refractivity contribution in [2.45, 2.75) is 118 Å². The second-order valence-electron chi connectivity index (χ2n) is 31.4. The Morgan fingerprint density at radius 2 is 0.777 bits per heavy atom. The molecule has 0 unspecified atom stereocenters. The Labute approximate surface area is 726 Å². The number of pyridine rings is 12. The van der Waals surface area contributed by atoms with Gasteiger partial charge in [-0.2, -0.15) is 0 Å². The molecule has 17 rings (SSSR count). The molecule has 24 nitrogen and oxygen atoms in total. The first-order chi connectivity index (χ1) is 58.9. The Morgan fingerprint density at radius 3 is 1.10 bits per heavy atom. The van der Waals surface area contributed by atoms with E-state index < -0.39 is 60.4 Å². The van der Waals surface area contributed by atoms with Gasteiger partial charge in [-0.3, -0.25) is 35.5 Å².